The first kappa shape index (κ1) is 17.6. The fourth-order valence-electron chi connectivity index (χ4n) is 2.19. The number of carboxylic acids is 1. The van der Waals surface area contributed by atoms with Gasteiger partial charge in [0, 0.05) is 18.7 Å². The van der Waals surface area contributed by atoms with E-state index in [1.807, 2.05) is 0 Å². The lowest BCUT2D eigenvalue weighted by Gasteiger charge is -2.27. The summed E-state index contributed by atoms with van der Waals surface area (Å²) in [6.07, 6.45) is 0.431. The molecule has 0 fully saturated rings. The fraction of sp³-hybridized carbons (Fsp3) is 0.333. The summed E-state index contributed by atoms with van der Waals surface area (Å²) in [6.45, 7) is -0.258. The number of nitro benzene ring substituents is 1. The van der Waals surface area contributed by atoms with Crippen molar-refractivity contribution in [2.45, 2.75) is 19.0 Å². The third-order valence-electron chi connectivity index (χ3n) is 3.21. The number of hydrogen-bond acceptors (Lipinski definition) is 7. The van der Waals surface area contributed by atoms with E-state index in [1.165, 1.54) is 0 Å². The monoisotopic (exact) mass is 358 g/mol. The van der Waals surface area contributed by atoms with E-state index >= 15 is 0 Å². The first-order valence-electron chi connectivity index (χ1n) is 6.62. The van der Waals surface area contributed by atoms with Crippen molar-refractivity contribution in [2.24, 2.45) is 0 Å². The maximum Gasteiger partial charge on any atom is 0.305 e. The molecule has 2 rings (SSSR count). The summed E-state index contributed by atoms with van der Waals surface area (Å²) in [7, 11) is -3.55. The Balaban J connectivity index is 2.44. The van der Waals surface area contributed by atoms with E-state index in [0.717, 1.165) is 18.4 Å². The number of nitrogens with one attached hydrogen (secondary N) is 3. The van der Waals surface area contributed by atoms with E-state index in [0.29, 0.717) is 0 Å². The van der Waals surface area contributed by atoms with Crippen molar-refractivity contribution < 1.29 is 28.0 Å². The van der Waals surface area contributed by atoms with Crippen molar-refractivity contribution in [1.82, 2.24) is 4.72 Å². The van der Waals surface area contributed by atoms with Crippen LogP contribution in [0.5, 0.6) is 0 Å². The number of amides is 1. The largest absolute Gasteiger partial charge is 0.481 e. The van der Waals surface area contributed by atoms with E-state index < -0.39 is 39.3 Å². The summed E-state index contributed by atoms with van der Waals surface area (Å²) in [6, 6.07) is 1.19. The highest BCUT2D eigenvalue weighted by Gasteiger charge is 2.30. The first-order valence-corrected chi connectivity index (χ1v) is 8.51. The van der Waals surface area contributed by atoms with Crippen molar-refractivity contribution in [2.75, 3.05) is 16.9 Å². The molecule has 1 aromatic rings. The molecule has 1 heterocycles. The highest BCUT2D eigenvalue weighted by atomic mass is 32.2. The Hall–Kier alpha value is -2.73. The molecular formula is C12H14N4O7S. The molecule has 1 atom stereocenters. The van der Waals surface area contributed by atoms with Crippen LogP contribution in [0.4, 0.5) is 17.1 Å². The number of hydrogen-bond donors (Lipinski definition) is 4. The van der Waals surface area contributed by atoms with Crippen LogP contribution < -0.4 is 15.4 Å². The normalized spacial score (nSPS) is 16.7. The van der Waals surface area contributed by atoms with Gasteiger partial charge >= 0.3 is 5.97 Å². The number of sulfonamides is 1. The van der Waals surface area contributed by atoms with Gasteiger partial charge in [0.1, 0.15) is 6.04 Å². The van der Waals surface area contributed by atoms with Crippen LogP contribution in [0.25, 0.3) is 0 Å². The molecule has 4 N–H and O–H groups in total. The Bertz CT molecular complexity index is 821. The second-order valence-electron chi connectivity index (χ2n) is 5.16. The molecule has 12 heteroatoms. The minimum atomic E-state index is -3.55. The zero-order valence-electron chi connectivity index (χ0n) is 12.4. The molecule has 24 heavy (non-hydrogen) atoms. The van der Waals surface area contributed by atoms with Gasteiger partial charge in [0.05, 0.1) is 29.0 Å². The van der Waals surface area contributed by atoms with Crippen LogP contribution in [0.1, 0.15) is 12.0 Å². The van der Waals surface area contributed by atoms with Crippen LogP contribution in [0.2, 0.25) is 0 Å². The van der Waals surface area contributed by atoms with Gasteiger partial charge in [0.15, 0.2) is 0 Å². The van der Waals surface area contributed by atoms with Crippen LogP contribution in [-0.2, 0) is 26.2 Å². The van der Waals surface area contributed by atoms with Crippen molar-refractivity contribution in [3.05, 3.63) is 27.8 Å². The van der Waals surface area contributed by atoms with Crippen molar-refractivity contribution in [3.63, 3.8) is 0 Å². The first-order chi connectivity index (χ1) is 11.1. The summed E-state index contributed by atoms with van der Waals surface area (Å²) >= 11 is 0. The van der Waals surface area contributed by atoms with E-state index in [4.69, 9.17) is 5.11 Å². The number of carboxylic acid groups (broad SMARTS) is 1. The lowest BCUT2D eigenvalue weighted by Crippen LogP contribution is -2.41. The van der Waals surface area contributed by atoms with Crippen LogP contribution in [0.15, 0.2) is 12.1 Å². The van der Waals surface area contributed by atoms with Gasteiger partial charge < -0.3 is 15.7 Å². The molecule has 0 bridgehead atoms. The van der Waals surface area contributed by atoms with Crippen LogP contribution >= 0.6 is 0 Å². The summed E-state index contributed by atoms with van der Waals surface area (Å²) in [4.78, 5) is 33.0. The number of benzene rings is 1. The predicted molar refractivity (Wildman–Crippen MR) is 83.1 cm³/mol. The van der Waals surface area contributed by atoms with Gasteiger partial charge in [-0.3, -0.25) is 19.7 Å². The summed E-state index contributed by atoms with van der Waals surface area (Å²) in [5.74, 6) is -1.85. The van der Waals surface area contributed by atoms with Gasteiger partial charge in [-0.2, -0.15) is 0 Å². The second kappa shape index (κ2) is 6.41. The van der Waals surface area contributed by atoms with Crippen LogP contribution in [0.3, 0.4) is 0 Å². The van der Waals surface area contributed by atoms with Gasteiger partial charge in [-0.15, -0.1) is 0 Å². The Morgan fingerprint density at radius 2 is 2.12 bits per heavy atom. The molecule has 0 radical (unpaired) electrons. The van der Waals surface area contributed by atoms with Gasteiger partial charge in [0.2, 0.25) is 15.9 Å². The fourth-order valence-corrected chi connectivity index (χ4v) is 2.60. The number of aliphatic carboxylic acids is 1. The number of nitro groups is 1. The minimum Gasteiger partial charge on any atom is -0.481 e. The standard InChI is InChI=1S/C12H14N4O7S/c1-24(22,23)13-5-6-2-7(16(20)21)3-8-11(6)14-9(4-10(17)18)12(19)15-8/h2-3,9,13-14H,4-5H2,1H3,(H,15,19)(H,17,18). The van der Waals surface area contributed by atoms with Gasteiger partial charge in [-0.1, -0.05) is 0 Å². The van der Waals surface area contributed by atoms with Gasteiger partial charge in [-0.25, -0.2) is 13.1 Å². The average molecular weight is 358 g/mol. The highest BCUT2D eigenvalue weighted by molar-refractivity contribution is 7.88. The number of carbonyl (C=O) groups excluding carboxylic acids is 1. The number of fused-ring (bicyclic) bond motifs is 1. The van der Waals surface area contributed by atoms with Gasteiger partial charge in [0.25, 0.3) is 5.69 Å². The van der Waals surface area contributed by atoms with Crippen molar-refractivity contribution >= 4 is 39.0 Å². The number of rotatable bonds is 6. The molecule has 1 amide bonds. The van der Waals surface area contributed by atoms with Crippen LogP contribution in [-0.4, -0.2) is 42.6 Å². The number of carbonyl (C=O) groups is 2. The molecule has 1 aliphatic rings. The Morgan fingerprint density at radius 3 is 2.67 bits per heavy atom. The zero-order valence-corrected chi connectivity index (χ0v) is 13.2. The van der Waals surface area contributed by atoms with E-state index in [9.17, 15) is 28.1 Å². The zero-order chi connectivity index (χ0) is 18.1. The van der Waals surface area contributed by atoms with Gasteiger partial charge in [-0.05, 0) is 5.56 Å². The third kappa shape index (κ3) is 4.17. The summed E-state index contributed by atoms with van der Waals surface area (Å²) in [5.41, 5.74) is 0.196. The molecule has 0 saturated carbocycles. The molecule has 1 unspecified atom stereocenters. The number of non-ortho nitro benzene ring substituents is 1. The molecule has 11 nitrogen and oxygen atoms in total. The van der Waals surface area contributed by atoms with Crippen LogP contribution in [0, 0.1) is 10.1 Å². The predicted octanol–water partition coefficient (Wildman–Crippen LogP) is -0.149. The number of anilines is 2. The maximum absolute atomic E-state index is 11.9. The minimum absolute atomic E-state index is 0.0844. The molecule has 0 saturated heterocycles. The number of nitrogens with zero attached hydrogens (tertiary/aromatic N) is 1. The molecule has 1 aliphatic heterocycles. The Labute approximate surface area is 136 Å². The molecule has 1 aromatic carbocycles. The molecule has 0 aromatic heterocycles. The smallest absolute Gasteiger partial charge is 0.305 e. The van der Waals surface area contributed by atoms with E-state index in [2.05, 4.69) is 15.4 Å². The third-order valence-corrected chi connectivity index (χ3v) is 3.88. The topological polar surface area (TPSA) is 168 Å². The Kier molecular flexibility index (Phi) is 4.71. The lowest BCUT2D eigenvalue weighted by atomic mass is 10.0. The quantitative estimate of drug-likeness (QED) is 0.402. The average Bonchev–Trinajstić information content (AvgIpc) is 2.44. The lowest BCUT2D eigenvalue weighted by molar-refractivity contribution is -0.384. The molecule has 130 valence electrons. The van der Waals surface area contributed by atoms with E-state index in [1.54, 1.807) is 0 Å². The molecular weight excluding hydrogens is 344 g/mol. The molecule has 0 aliphatic carbocycles. The summed E-state index contributed by atoms with van der Waals surface area (Å²) in [5, 5.41) is 24.9. The van der Waals surface area contributed by atoms with E-state index in [-0.39, 0.29) is 29.2 Å². The van der Waals surface area contributed by atoms with Crippen molar-refractivity contribution in [3.8, 4) is 0 Å². The molecule has 0 spiro atoms. The SMILES string of the molecule is CS(=O)(=O)NCc1cc([N+](=O)[O-])cc2c1NC(CC(=O)O)C(=O)N2. The maximum atomic E-state index is 11.9. The Morgan fingerprint density at radius 1 is 1.46 bits per heavy atom. The van der Waals surface area contributed by atoms with Crippen molar-refractivity contribution in [1.29, 1.82) is 0 Å². The summed E-state index contributed by atoms with van der Waals surface area (Å²) < 4.78 is 24.7. The highest BCUT2D eigenvalue weighted by Crippen LogP contribution is 2.35. The second-order valence-corrected chi connectivity index (χ2v) is 6.99.